The number of para-hydroxylation sites is 1. The molecule has 5 nitrogen and oxygen atoms in total. The third-order valence-electron chi connectivity index (χ3n) is 4.59. The van der Waals surface area contributed by atoms with Crippen molar-refractivity contribution in [1.29, 1.82) is 0 Å². The Hall–Kier alpha value is -3.34. The molecule has 4 rings (SSSR count). The third kappa shape index (κ3) is 2.40. The minimum Gasteiger partial charge on any atom is -0.426 e. The van der Waals surface area contributed by atoms with Crippen molar-refractivity contribution in [2.45, 2.75) is 12.3 Å². The second-order valence-corrected chi connectivity index (χ2v) is 6.28. The molecule has 0 radical (unpaired) electrons. The minimum absolute atomic E-state index is 0.0114. The van der Waals surface area contributed by atoms with E-state index in [1.165, 1.54) is 6.92 Å². The summed E-state index contributed by atoms with van der Waals surface area (Å²) >= 11 is 0. The second-order valence-electron chi connectivity index (χ2n) is 6.28. The number of carbonyl (C=O) groups excluding carboxylic acids is 2. The molecule has 1 spiro atoms. The number of rotatable bonds is 2. The lowest BCUT2D eigenvalue weighted by atomic mass is 9.79. The highest BCUT2D eigenvalue weighted by molar-refractivity contribution is 6.11. The zero-order valence-corrected chi connectivity index (χ0v) is 14.4. The first-order valence-electron chi connectivity index (χ1n) is 8.26. The molecule has 0 fully saturated rings. The Morgan fingerprint density at radius 3 is 2.46 bits per heavy atom. The van der Waals surface area contributed by atoms with Gasteiger partial charge >= 0.3 is 5.97 Å². The summed E-state index contributed by atoms with van der Waals surface area (Å²) < 4.78 is 11.0. The molecule has 0 aliphatic carbocycles. The van der Waals surface area contributed by atoms with Crippen LogP contribution >= 0.6 is 0 Å². The van der Waals surface area contributed by atoms with E-state index in [-0.39, 0.29) is 11.9 Å². The Morgan fingerprint density at radius 2 is 1.73 bits per heavy atom. The highest BCUT2D eigenvalue weighted by Gasteiger charge is 2.50. The van der Waals surface area contributed by atoms with Crippen LogP contribution in [-0.4, -0.2) is 18.9 Å². The van der Waals surface area contributed by atoms with Gasteiger partial charge in [0, 0.05) is 31.3 Å². The molecular formula is C21H17NO4. The van der Waals surface area contributed by atoms with Crippen LogP contribution in [0.4, 0.5) is 5.69 Å². The number of hydrogen-bond donors (Lipinski definition) is 0. The maximum absolute atomic E-state index is 13.2. The fourth-order valence-electron chi connectivity index (χ4n) is 3.44. The van der Waals surface area contributed by atoms with E-state index in [4.69, 9.17) is 9.47 Å². The van der Waals surface area contributed by atoms with Crippen LogP contribution in [0, 0.1) is 0 Å². The predicted octanol–water partition coefficient (Wildman–Crippen LogP) is 3.38. The van der Waals surface area contributed by atoms with Crippen LogP contribution in [0.2, 0.25) is 0 Å². The number of nitrogens with zero attached hydrogens (tertiary/aromatic N) is 1. The van der Waals surface area contributed by atoms with Gasteiger partial charge in [-0.15, -0.1) is 0 Å². The average molecular weight is 347 g/mol. The zero-order valence-electron chi connectivity index (χ0n) is 14.4. The van der Waals surface area contributed by atoms with Gasteiger partial charge in [0.25, 0.3) is 5.95 Å². The van der Waals surface area contributed by atoms with E-state index in [0.29, 0.717) is 5.76 Å². The molecule has 0 saturated carbocycles. The molecule has 0 N–H and O–H groups in total. The summed E-state index contributed by atoms with van der Waals surface area (Å²) in [5.74, 6) is -0.145. The molecule has 0 saturated heterocycles. The Bertz CT molecular complexity index is 961. The molecule has 0 aromatic heterocycles. The van der Waals surface area contributed by atoms with Crippen LogP contribution in [0.25, 0.3) is 5.76 Å². The summed E-state index contributed by atoms with van der Waals surface area (Å²) in [5, 5.41) is 0. The van der Waals surface area contributed by atoms with Gasteiger partial charge in [-0.1, -0.05) is 48.5 Å². The van der Waals surface area contributed by atoms with E-state index in [9.17, 15) is 9.59 Å². The number of benzene rings is 2. The second kappa shape index (κ2) is 5.88. The molecule has 1 unspecified atom stereocenters. The van der Waals surface area contributed by atoms with E-state index >= 15 is 0 Å². The molecular weight excluding hydrogens is 330 g/mol. The van der Waals surface area contributed by atoms with Gasteiger partial charge in [-0.25, -0.2) is 0 Å². The Kier molecular flexibility index (Phi) is 3.65. The van der Waals surface area contributed by atoms with Crippen molar-refractivity contribution >= 4 is 23.3 Å². The predicted molar refractivity (Wildman–Crippen MR) is 96.9 cm³/mol. The highest BCUT2D eigenvalue weighted by Crippen LogP contribution is 2.47. The molecule has 5 heteroatoms. The maximum Gasteiger partial charge on any atom is 0.310 e. The number of carbonyl (C=O) groups is 2. The molecule has 2 aromatic carbocycles. The lowest BCUT2D eigenvalue weighted by Gasteiger charge is -2.28. The van der Waals surface area contributed by atoms with E-state index in [1.54, 1.807) is 24.1 Å². The van der Waals surface area contributed by atoms with Crippen molar-refractivity contribution in [1.82, 2.24) is 0 Å². The Labute approximate surface area is 151 Å². The molecule has 1 amide bonds. The van der Waals surface area contributed by atoms with Gasteiger partial charge < -0.3 is 14.4 Å². The largest absolute Gasteiger partial charge is 0.426 e. The SMILES string of the molecule is CC(=O)OC1=CC2(C=C(c3ccccc3)O1)C(=O)N(C)c1ccccc12. The smallest absolute Gasteiger partial charge is 0.310 e. The minimum atomic E-state index is -1.07. The molecule has 2 heterocycles. The molecule has 26 heavy (non-hydrogen) atoms. The molecule has 2 aliphatic heterocycles. The lowest BCUT2D eigenvalue weighted by molar-refractivity contribution is -0.141. The molecule has 130 valence electrons. The van der Waals surface area contributed by atoms with Crippen molar-refractivity contribution in [2.75, 3.05) is 11.9 Å². The summed E-state index contributed by atoms with van der Waals surface area (Å²) in [6, 6.07) is 17.0. The van der Waals surface area contributed by atoms with Crippen LogP contribution in [0.5, 0.6) is 0 Å². The van der Waals surface area contributed by atoms with Crippen molar-refractivity contribution in [2.24, 2.45) is 0 Å². The maximum atomic E-state index is 13.2. The third-order valence-corrected chi connectivity index (χ3v) is 4.59. The highest BCUT2D eigenvalue weighted by atomic mass is 16.7. The van der Waals surface area contributed by atoms with Gasteiger partial charge in [0.15, 0.2) is 0 Å². The van der Waals surface area contributed by atoms with E-state index in [0.717, 1.165) is 16.8 Å². The Balaban J connectivity index is 1.93. The zero-order chi connectivity index (χ0) is 18.3. The van der Waals surface area contributed by atoms with Gasteiger partial charge in [0.2, 0.25) is 5.91 Å². The van der Waals surface area contributed by atoms with Crippen LogP contribution < -0.4 is 4.90 Å². The van der Waals surface area contributed by atoms with Gasteiger partial charge in [-0.3, -0.25) is 9.59 Å². The normalized spacial score (nSPS) is 21.0. The summed E-state index contributed by atoms with van der Waals surface area (Å²) in [6.07, 6.45) is 3.37. The number of anilines is 1. The fourth-order valence-corrected chi connectivity index (χ4v) is 3.44. The molecule has 0 bridgehead atoms. The summed E-state index contributed by atoms with van der Waals surface area (Å²) in [5.41, 5.74) is 1.37. The molecule has 2 aromatic rings. The van der Waals surface area contributed by atoms with E-state index in [2.05, 4.69) is 0 Å². The Morgan fingerprint density at radius 1 is 1.04 bits per heavy atom. The number of ether oxygens (including phenoxy) is 2. The van der Waals surface area contributed by atoms with Crippen LogP contribution in [-0.2, 0) is 24.5 Å². The van der Waals surface area contributed by atoms with Crippen molar-refractivity contribution in [3.63, 3.8) is 0 Å². The fraction of sp³-hybridized carbons (Fsp3) is 0.143. The van der Waals surface area contributed by atoms with Crippen molar-refractivity contribution in [3.05, 3.63) is 83.8 Å². The van der Waals surface area contributed by atoms with Gasteiger partial charge in [-0.05, 0) is 17.7 Å². The number of likely N-dealkylation sites (N-methyl/N-ethyl adjacent to an activating group) is 1. The summed E-state index contributed by atoms with van der Waals surface area (Å²) in [7, 11) is 1.74. The van der Waals surface area contributed by atoms with Crippen LogP contribution in [0.3, 0.4) is 0 Å². The first-order chi connectivity index (χ1) is 12.5. The number of hydrogen-bond acceptors (Lipinski definition) is 4. The quantitative estimate of drug-likeness (QED) is 0.782. The standard InChI is InChI=1S/C21H17NO4/c1-14(23)25-19-13-21(12-18(26-19)15-8-4-3-5-9-15)16-10-6-7-11-17(16)22(2)20(21)24/h3-13H,1-2H3. The monoisotopic (exact) mass is 347 g/mol. The number of fused-ring (bicyclic) bond motifs is 2. The van der Waals surface area contributed by atoms with Crippen LogP contribution in [0.1, 0.15) is 18.1 Å². The topological polar surface area (TPSA) is 55.8 Å². The number of esters is 1. The van der Waals surface area contributed by atoms with E-state index < -0.39 is 11.4 Å². The van der Waals surface area contributed by atoms with Gasteiger partial charge in [0.1, 0.15) is 11.2 Å². The van der Waals surface area contributed by atoms with Gasteiger partial charge in [0.05, 0.1) is 0 Å². The summed E-state index contributed by atoms with van der Waals surface area (Å²) in [4.78, 5) is 26.3. The first-order valence-corrected chi connectivity index (χ1v) is 8.26. The molecule has 2 aliphatic rings. The first kappa shape index (κ1) is 16.1. The average Bonchev–Trinajstić information content (AvgIpc) is 2.84. The number of amides is 1. The van der Waals surface area contributed by atoms with Crippen LogP contribution in [0.15, 0.2) is 72.7 Å². The summed E-state index contributed by atoms with van der Waals surface area (Å²) in [6.45, 7) is 1.30. The van der Waals surface area contributed by atoms with E-state index in [1.807, 2.05) is 54.6 Å². The van der Waals surface area contributed by atoms with Crippen molar-refractivity contribution in [3.8, 4) is 0 Å². The molecule has 1 atom stereocenters. The lowest BCUT2D eigenvalue weighted by Crippen LogP contribution is -2.37. The van der Waals surface area contributed by atoms with Crippen molar-refractivity contribution < 1.29 is 19.1 Å². The van der Waals surface area contributed by atoms with Gasteiger partial charge in [-0.2, -0.15) is 0 Å².